The Bertz CT molecular complexity index is 1430. The number of pyridine rings is 1. The monoisotopic (exact) mass is 576 g/mol. The van der Waals surface area contributed by atoms with E-state index in [0.717, 1.165) is 0 Å². The SMILES string of the molecule is COC(=O)Nc1nc2ncc(Oc3ccc(NC(=O)Nc4cc(C(F)(F)F)ccc4F)cc3)cc2[nH]1.Cl.Cl. The Hall–Kier alpha value is -4.30. The van der Waals surface area contributed by atoms with Gasteiger partial charge in [-0.1, -0.05) is 0 Å². The van der Waals surface area contributed by atoms with E-state index >= 15 is 0 Å². The first-order valence-corrected chi connectivity index (χ1v) is 10.0. The highest BCUT2D eigenvalue weighted by atomic mass is 35.5. The van der Waals surface area contributed by atoms with Crippen LogP contribution in [0, 0.1) is 5.82 Å². The number of fused-ring (bicyclic) bond motifs is 1. The average Bonchev–Trinajstić information content (AvgIpc) is 3.22. The standard InChI is InChI=1S/C22H16F4N6O4.2ClH/c1-35-21(34)32-19-29-17-9-14(10-27-18(17)31-19)36-13-5-3-12(4-6-13)28-20(33)30-16-8-11(22(24,25)26)2-7-15(16)23;;/h2-10H,1H3,(H2,28,30,33)(H2,27,29,31,32,34);2*1H. The zero-order chi connectivity index (χ0) is 25.9. The molecule has 38 heavy (non-hydrogen) atoms. The van der Waals surface area contributed by atoms with Crippen molar-refractivity contribution >= 4 is 65.4 Å². The minimum absolute atomic E-state index is 0. The number of halogens is 6. The Labute approximate surface area is 224 Å². The summed E-state index contributed by atoms with van der Waals surface area (Å²) in [6.07, 6.45) is -3.97. The number of methoxy groups -OCH3 is 1. The molecule has 10 nitrogen and oxygen atoms in total. The van der Waals surface area contributed by atoms with Gasteiger partial charge in [0, 0.05) is 11.8 Å². The van der Waals surface area contributed by atoms with E-state index in [0.29, 0.717) is 40.9 Å². The molecule has 202 valence electrons. The highest BCUT2D eigenvalue weighted by Crippen LogP contribution is 2.32. The number of carbonyl (C=O) groups is 2. The van der Waals surface area contributed by atoms with Crippen molar-refractivity contribution in [3.8, 4) is 11.5 Å². The van der Waals surface area contributed by atoms with Gasteiger partial charge in [0.05, 0.1) is 30.1 Å². The summed E-state index contributed by atoms with van der Waals surface area (Å²) in [5.41, 5.74) is -0.631. The maximum atomic E-state index is 13.8. The van der Waals surface area contributed by atoms with Crippen molar-refractivity contribution in [2.45, 2.75) is 6.18 Å². The summed E-state index contributed by atoms with van der Waals surface area (Å²) in [6, 6.07) is 8.34. The first kappa shape index (κ1) is 29.9. The number of benzene rings is 2. The number of nitrogens with zero attached hydrogens (tertiary/aromatic N) is 2. The molecule has 0 radical (unpaired) electrons. The number of anilines is 3. The van der Waals surface area contributed by atoms with Crippen LogP contribution in [0.5, 0.6) is 11.5 Å². The number of aromatic nitrogens is 3. The molecular formula is C22H18Cl2F4N6O4. The highest BCUT2D eigenvalue weighted by molar-refractivity contribution is 5.99. The van der Waals surface area contributed by atoms with E-state index < -0.39 is 35.4 Å². The van der Waals surface area contributed by atoms with Gasteiger partial charge < -0.3 is 25.1 Å². The van der Waals surface area contributed by atoms with E-state index in [9.17, 15) is 27.2 Å². The number of H-pyrrole nitrogens is 1. The number of ether oxygens (including phenoxy) is 2. The van der Waals surface area contributed by atoms with Crippen molar-refractivity contribution in [2.24, 2.45) is 0 Å². The van der Waals surface area contributed by atoms with Crippen LogP contribution in [0.4, 0.5) is 44.5 Å². The van der Waals surface area contributed by atoms with Gasteiger partial charge in [-0.2, -0.15) is 18.2 Å². The largest absolute Gasteiger partial charge is 0.456 e. The third kappa shape index (κ3) is 7.36. The van der Waals surface area contributed by atoms with E-state index in [-0.39, 0.29) is 36.4 Å². The summed E-state index contributed by atoms with van der Waals surface area (Å²) >= 11 is 0. The lowest BCUT2D eigenvalue weighted by molar-refractivity contribution is -0.137. The van der Waals surface area contributed by atoms with Crippen LogP contribution in [0.15, 0.2) is 54.7 Å². The number of urea groups is 1. The second-order valence-corrected chi connectivity index (χ2v) is 7.14. The molecule has 3 amide bonds. The molecule has 4 rings (SSSR count). The van der Waals surface area contributed by atoms with E-state index in [2.05, 4.69) is 35.6 Å². The van der Waals surface area contributed by atoms with E-state index in [1.165, 1.54) is 37.6 Å². The molecule has 2 heterocycles. The number of carbonyl (C=O) groups excluding carboxylic acids is 2. The van der Waals surface area contributed by atoms with Gasteiger partial charge in [-0.05, 0) is 42.5 Å². The Morgan fingerprint density at radius 2 is 1.66 bits per heavy atom. The Morgan fingerprint density at radius 3 is 2.32 bits per heavy atom. The number of imidazole rings is 1. The lowest BCUT2D eigenvalue weighted by atomic mass is 10.2. The smallest absolute Gasteiger partial charge is 0.416 e. The number of hydrogen-bond acceptors (Lipinski definition) is 6. The number of alkyl halides is 3. The van der Waals surface area contributed by atoms with Crippen molar-refractivity contribution in [2.75, 3.05) is 23.1 Å². The summed E-state index contributed by atoms with van der Waals surface area (Å²) in [5.74, 6) is -0.161. The van der Waals surface area contributed by atoms with Gasteiger partial charge in [0.1, 0.15) is 17.3 Å². The van der Waals surface area contributed by atoms with Gasteiger partial charge in [-0.25, -0.2) is 19.0 Å². The summed E-state index contributed by atoms with van der Waals surface area (Å²) in [5, 5.41) is 6.82. The summed E-state index contributed by atoms with van der Waals surface area (Å²) in [7, 11) is 1.21. The Morgan fingerprint density at radius 1 is 0.947 bits per heavy atom. The molecule has 2 aromatic carbocycles. The van der Waals surface area contributed by atoms with E-state index in [1.54, 1.807) is 6.07 Å². The summed E-state index contributed by atoms with van der Waals surface area (Å²) in [6.45, 7) is 0. The van der Waals surface area contributed by atoms with Crippen LogP contribution in [0.1, 0.15) is 5.56 Å². The maximum Gasteiger partial charge on any atom is 0.416 e. The predicted molar refractivity (Wildman–Crippen MR) is 135 cm³/mol. The second kappa shape index (κ2) is 12.3. The van der Waals surface area contributed by atoms with Crippen LogP contribution >= 0.6 is 24.8 Å². The zero-order valence-corrected chi connectivity index (χ0v) is 20.7. The maximum absolute atomic E-state index is 13.8. The predicted octanol–water partition coefficient (Wildman–Crippen LogP) is 6.57. The quantitative estimate of drug-likeness (QED) is 0.199. The Balaban J connectivity index is 0.00000253. The van der Waals surface area contributed by atoms with Crippen LogP contribution in [0.25, 0.3) is 11.2 Å². The molecule has 0 saturated heterocycles. The first-order chi connectivity index (χ1) is 17.1. The summed E-state index contributed by atoms with van der Waals surface area (Å²) < 4.78 is 62.5. The van der Waals surface area contributed by atoms with Crippen molar-refractivity contribution < 1.29 is 36.6 Å². The molecule has 16 heteroatoms. The van der Waals surface area contributed by atoms with Gasteiger partial charge in [0.2, 0.25) is 5.95 Å². The lowest BCUT2D eigenvalue weighted by Crippen LogP contribution is -2.20. The van der Waals surface area contributed by atoms with Gasteiger partial charge in [0.25, 0.3) is 0 Å². The van der Waals surface area contributed by atoms with E-state index in [1.807, 2.05) is 0 Å². The fraction of sp³-hybridized carbons (Fsp3) is 0.0909. The van der Waals surface area contributed by atoms with Crippen LogP contribution in [0.3, 0.4) is 0 Å². The molecule has 4 aromatic rings. The average molecular weight is 577 g/mol. The zero-order valence-electron chi connectivity index (χ0n) is 19.1. The number of hydrogen-bond donors (Lipinski definition) is 4. The van der Waals surface area contributed by atoms with Gasteiger partial charge in [-0.15, -0.1) is 24.8 Å². The fourth-order valence-corrected chi connectivity index (χ4v) is 2.97. The minimum Gasteiger partial charge on any atom is -0.456 e. The number of nitrogens with one attached hydrogen (secondary N) is 4. The number of rotatable bonds is 5. The van der Waals surface area contributed by atoms with Crippen molar-refractivity contribution in [3.63, 3.8) is 0 Å². The van der Waals surface area contributed by atoms with Gasteiger partial charge >= 0.3 is 18.3 Å². The molecular weight excluding hydrogens is 559 g/mol. The molecule has 0 aliphatic heterocycles. The van der Waals surface area contributed by atoms with Crippen LogP contribution in [-0.4, -0.2) is 34.2 Å². The van der Waals surface area contributed by atoms with E-state index in [4.69, 9.17) is 4.74 Å². The fourth-order valence-electron chi connectivity index (χ4n) is 2.97. The molecule has 0 bridgehead atoms. The van der Waals surface area contributed by atoms with Crippen LogP contribution < -0.4 is 20.7 Å². The molecule has 2 aromatic heterocycles. The van der Waals surface area contributed by atoms with Crippen molar-refractivity contribution in [3.05, 3.63) is 66.1 Å². The third-order valence-corrected chi connectivity index (χ3v) is 4.61. The lowest BCUT2D eigenvalue weighted by Gasteiger charge is -2.12. The molecule has 0 fully saturated rings. The van der Waals surface area contributed by atoms with Gasteiger partial charge in [-0.3, -0.25) is 5.32 Å². The molecule has 0 unspecified atom stereocenters. The molecule has 0 atom stereocenters. The topological polar surface area (TPSA) is 130 Å². The van der Waals surface area contributed by atoms with Crippen molar-refractivity contribution in [1.82, 2.24) is 15.0 Å². The molecule has 0 saturated carbocycles. The highest BCUT2D eigenvalue weighted by Gasteiger charge is 2.31. The van der Waals surface area contributed by atoms with Gasteiger partial charge in [0.15, 0.2) is 5.65 Å². The van der Waals surface area contributed by atoms with Crippen LogP contribution in [0.2, 0.25) is 0 Å². The number of amides is 3. The molecule has 4 N–H and O–H groups in total. The third-order valence-electron chi connectivity index (χ3n) is 4.61. The van der Waals surface area contributed by atoms with Crippen LogP contribution in [-0.2, 0) is 10.9 Å². The molecule has 0 aliphatic rings. The molecule has 0 spiro atoms. The van der Waals surface area contributed by atoms with Crippen molar-refractivity contribution in [1.29, 1.82) is 0 Å². The normalized spacial score (nSPS) is 10.6. The second-order valence-electron chi connectivity index (χ2n) is 7.14. The number of aromatic amines is 1. The minimum atomic E-state index is -4.68. The summed E-state index contributed by atoms with van der Waals surface area (Å²) in [4.78, 5) is 34.5. The Kier molecular flexibility index (Phi) is 9.68. The first-order valence-electron chi connectivity index (χ1n) is 10.0. The molecule has 0 aliphatic carbocycles.